The highest BCUT2D eigenvalue weighted by atomic mass is 16.6. The molecule has 0 atom stereocenters. The van der Waals surface area contributed by atoms with E-state index in [1.54, 1.807) is 43.7 Å². The van der Waals surface area contributed by atoms with Gasteiger partial charge in [0.2, 0.25) is 0 Å². The fourth-order valence-electron chi connectivity index (χ4n) is 2.41. The average molecular weight is 371 g/mol. The van der Waals surface area contributed by atoms with Gasteiger partial charge in [-0.05, 0) is 29.3 Å². The predicted octanol–water partition coefficient (Wildman–Crippen LogP) is 3.33. The molecule has 2 aromatic carbocycles. The van der Waals surface area contributed by atoms with Crippen molar-refractivity contribution in [3.05, 3.63) is 65.4 Å². The predicted molar refractivity (Wildman–Crippen MR) is 101 cm³/mol. The second-order valence-corrected chi connectivity index (χ2v) is 5.35. The van der Waals surface area contributed by atoms with Gasteiger partial charge in [0, 0.05) is 5.56 Å². The van der Waals surface area contributed by atoms with E-state index >= 15 is 0 Å². The van der Waals surface area contributed by atoms with Gasteiger partial charge in [-0.2, -0.15) is 0 Å². The van der Waals surface area contributed by atoms with Crippen LogP contribution >= 0.6 is 0 Å². The van der Waals surface area contributed by atoms with Crippen LogP contribution in [-0.4, -0.2) is 38.6 Å². The van der Waals surface area contributed by atoms with Crippen LogP contribution in [-0.2, 0) is 21.0 Å². The minimum Gasteiger partial charge on any atom is -0.503 e. The van der Waals surface area contributed by atoms with Gasteiger partial charge in [0.1, 0.15) is 19.3 Å². The summed E-state index contributed by atoms with van der Waals surface area (Å²) >= 11 is 0. The molecule has 0 aromatic heterocycles. The van der Waals surface area contributed by atoms with E-state index in [-0.39, 0.29) is 12.2 Å². The number of oxime groups is 1. The van der Waals surface area contributed by atoms with E-state index in [0.29, 0.717) is 22.6 Å². The molecule has 0 fully saturated rings. The van der Waals surface area contributed by atoms with Crippen LogP contribution in [0, 0.1) is 0 Å². The summed E-state index contributed by atoms with van der Waals surface area (Å²) in [5.41, 5.74) is 2.03. The number of hydrogen-bond acceptors (Lipinski definition) is 6. The molecule has 0 spiro atoms. The molecule has 0 radical (unpaired) electrons. The minimum atomic E-state index is -1.08. The lowest BCUT2D eigenvalue weighted by atomic mass is 10.0. The number of rotatable bonds is 9. The molecule has 0 saturated carbocycles. The number of carboxylic acid groups (broad SMARTS) is 1. The highest BCUT2D eigenvalue weighted by molar-refractivity contribution is 6.15. The maximum Gasteiger partial charge on any atom is 0.339 e. The van der Waals surface area contributed by atoms with Gasteiger partial charge in [-0.15, -0.1) is 0 Å². The summed E-state index contributed by atoms with van der Waals surface area (Å²) in [7, 11) is 4.41. The van der Waals surface area contributed by atoms with Crippen molar-refractivity contribution in [1.82, 2.24) is 0 Å². The number of methoxy groups -OCH3 is 2. The first-order chi connectivity index (χ1) is 13.1. The molecule has 2 aromatic rings. The summed E-state index contributed by atoms with van der Waals surface area (Å²) in [4.78, 5) is 16.2. The maximum absolute atomic E-state index is 11.5. The Bertz CT molecular complexity index is 844. The Morgan fingerprint density at radius 1 is 1.11 bits per heavy atom. The molecular weight excluding hydrogens is 350 g/mol. The summed E-state index contributed by atoms with van der Waals surface area (Å²) in [6.07, 6.45) is 2.74. The van der Waals surface area contributed by atoms with Crippen LogP contribution in [0.25, 0.3) is 5.57 Å². The number of carbonyl (C=O) groups is 1. The van der Waals surface area contributed by atoms with E-state index in [0.717, 1.165) is 5.56 Å². The van der Waals surface area contributed by atoms with Crippen LogP contribution in [0.4, 0.5) is 0 Å². The highest BCUT2D eigenvalue weighted by Crippen LogP contribution is 2.29. The Kier molecular flexibility index (Phi) is 7.25. The van der Waals surface area contributed by atoms with Gasteiger partial charge in [-0.1, -0.05) is 29.4 Å². The highest BCUT2D eigenvalue weighted by Gasteiger charge is 2.16. The van der Waals surface area contributed by atoms with Gasteiger partial charge >= 0.3 is 5.97 Å². The topological polar surface area (TPSA) is 86.6 Å². The Balaban J connectivity index is 2.31. The molecule has 0 saturated heterocycles. The quantitative estimate of drug-likeness (QED) is 0.315. The number of ether oxygens (including phenoxy) is 3. The van der Waals surface area contributed by atoms with Crippen molar-refractivity contribution in [3.8, 4) is 11.5 Å². The standard InChI is InChI=1S/C20H21NO6/c1-24-13-17(20(22)23)16-7-5-4-6-15(16)12-27-19-10-14(11-21-26-3)8-9-18(19)25-2/h4-11,13H,12H2,1-3H3,(H,22,23). The summed E-state index contributed by atoms with van der Waals surface area (Å²) in [5.74, 6) is -0.0347. The van der Waals surface area contributed by atoms with Gasteiger partial charge in [-0.25, -0.2) is 4.79 Å². The molecule has 0 aliphatic heterocycles. The van der Waals surface area contributed by atoms with E-state index in [2.05, 4.69) is 9.99 Å². The molecule has 7 heteroatoms. The Labute approximate surface area is 157 Å². The fourth-order valence-corrected chi connectivity index (χ4v) is 2.41. The van der Waals surface area contributed by atoms with Crippen molar-refractivity contribution in [3.63, 3.8) is 0 Å². The molecule has 0 bridgehead atoms. The summed E-state index contributed by atoms with van der Waals surface area (Å²) < 4.78 is 16.1. The Morgan fingerprint density at radius 3 is 2.56 bits per heavy atom. The third-order valence-electron chi connectivity index (χ3n) is 3.65. The number of benzene rings is 2. The fraction of sp³-hybridized carbons (Fsp3) is 0.200. The molecule has 0 heterocycles. The monoisotopic (exact) mass is 371 g/mol. The van der Waals surface area contributed by atoms with Crippen LogP contribution in [0.5, 0.6) is 11.5 Å². The van der Waals surface area contributed by atoms with E-state index in [1.165, 1.54) is 20.5 Å². The maximum atomic E-state index is 11.5. The SMILES string of the molecule is COC=C(C(=O)O)c1ccccc1COc1cc(C=NOC)ccc1OC. The molecule has 0 amide bonds. The summed E-state index contributed by atoms with van der Waals surface area (Å²) in [6, 6.07) is 12.4. The lowest BCUT2D eigenvalue weighted by molar-refractivity contribution is -0.130. The molecule has 142 valence electrons. The molecular formula is C20H21NO6. The van der Waals surface area contributed by atoms with Crippen molar-refractivity contribution in [2.75, 3.05) is 21.3 Å². The third kappa shape index (κ3) is 5.24. The van der Waals surface area contributed by atoms with E-state index in [4.69, 9.17) is 14.2 Å². The van der Waals surface area contributed by atoms with Crippen molar-refractivity contribution < 1.29 is 28.9 Å². The number of carboxylic acids is 1. The second-order valence-electron chi connectivity index (χ2n) is 5.35. The Morgan fingerprint density at radius 2 is 1.89 bits per heavy atom. The van der Waals surface area contributed by atoms with E-state index in [9.17, 15) is 9.90 Å². The van der Waals surface area contributed by atoms with Crippen molar-refractivity contribution in [2.24, 2.45) is 5.16 Å². The van der Waals surface area contributed by atoms with Crippen LogP contribution in [0.1, 0.15) is 16.7 Å². The summed E-state index contributed by atoms with van der Waals surface area (Å²) in [5, 5.41) is 13.2. The zero-order valence-electron chi connectivity index (χ0n) is 15.3. The molecule has 1 N–H and O–H groups in total. The van der Waals surface area contributed by atoms with Crippen LogP contribution in [0.2, 0.25) is 0 Å². The van der Waals surface area contributed by atoms with Gasteiger partial charge in [0.05, 0.1) is 26.7 Å². The van der Waals surface area contributed by atoms with Crippen molar-refractivity contribution >= 4 is 17.8 Å². The number of nitrogens with zero attached hydrogens (tertiary/aromatic N) is 1. The first kappa shape index (κ1) is 19.8. The van der Waals surface area contributed by atoms with E-state index in [1.807, 2.05) is 12.1 Å². The van der Waals surface area contributed by atoms with Gasteiger partial charge in [0.15, 0.2) is 11.5 Å². The number of aliphatic carboxylic acids is 1. The molecule has 7 nitrogen and oxygen atoms in total. The third-order valence-corrected chi connectivity index (χ3v) is 3.65. The van der Waals surface area contributed by atoms with E-state index < -0.39 is 5.97 Å². The molecule has 27 heavy (non-hydrogen) atoms. The molecule has 0 aliphatic rings. The van der Waals surface area contributed by atoms with Crippen LogP contribution < -0.4 is 9.47 Å². The molecule has 0 aliphatic carbocycles. The van der Waals surface area contributed by atoms with Crippen LogP contribution in [0.3, 0.4) is 0 Å². The lowest BCUT2D eigenvalue weighted by Gasteiger charge is -2.14. The van der Waals surface area contributed by atoms with Gasteiger partial charge in [0.25, 0.3) is 0 Å². The first-order valence-electron chi connectivity index (χ1n) is 8.02. The largest absolute Gasteiger partial charge is 0.503 e. The van der Waals surface area contributed by atoms with Gasteiger partial charge in [-0.3, -0.25) is 0 Å². The average Bonchev–Trinajstić information content (AvgIpc) is 2.69. The normalized spacial score (nSPS) is 11.3. The zero-order chi connectivity index (χ0) is 19.6. The second kappa shape index (κ2) is 9.86. The minimum absolute atomic E-state index is 0.0460. The van der Waals surface area contributed by atoms with Gasteiger partial charge < -0.3 is 24.2 Å². The van der Waals surface area contributed by atoms with Crippen LogP contribution in [0.15, 0.2) is 53.9 Å². The number of hydrogen-bond donors (Lipinski definition) is 1. The first-order valence-corrected chi connectivity index (χ1v) is 8.02. The molecule has 0 unspecified atom stereocenters. The summed E-state index contributed by atoms with van der Waals surface area (Å²) in [6.45, 7) is 0.145. The smallest absolute Gasteiger partial charge is 0.339 e. The van der Waals surface area contributed by atoms with Crippen molar-refractivity contribution in [2.45, 2.75) is 6.61 Å². The van der Waals surface area contributed by atoms with Crippen molar-refractivity contribution in [1.29, 1.82) is 0 Å². The zero-order valence-corrected chi connectivity index (χ0v) is 15.3. The Hall–Kier alpha value is -3.48. The molecule has 2 rings (SSSR count). The lowest BCUT2D eigenvalue weighted by Crippen LogP contribution is -2.06.